The normalized spacial score (nSPS) is 21.7. The number of nitrogens with one attached hydrogen (secondary N) is 1. The lowest BCUT2D eigenvalue weighted by Gasteiger charge is -2.22. The number of rotatable bonds is 4. The summed E-state index contributed by atoms with van der Waals surface area (Å²) >= 11 is 3.25. The van der Waals surface area contributed by atoms with Gasteiger partial charge in [-0.2, -0.15) is 0 Å². The van der Waals surface area contributed by atoms with Gasteiger partial charge in [0.2, 0.25) is 5.13 Å². The first kappa shape index (κ1) is 11.2. The fourth-order valence-corrected chi connectivity index (χ4v) is 3.57. The number of hydrogen-bond acceptors (Lipinski definition) is 6. The maximum atomic E-state index is 5.51. The van der Waals surface area contributed by atoms with Crippen molar-refractivity contribution in [2.75, 3.05) is 24.6 Å². The van der Waals surface area contributed by atoms with E-state index in [0.717, 1.165) is 16.0 Å². The Bertz CT molecular complexity index is 296. The third kappa shape index (κ3) is 3.62. The van der Waals surface area contributed by atoms with Gasteiger partial charge < -0.3 is 11.1 Å². The molecule has 1 saturated heterocycles. The number of aromatic nitrogens is 2. The highest BCUT2D eigenvalue weighted by Crippen LogP contribution is 2.26. The third-order valence-electron chi connectivity index (χ3n) is 2.57. The summed E-state index contributed by atoms with van der Waals surface area (Å²) in [5, 5.41) is 11.8. The van der Waals surface area contributed by atoms with Crippen molar-refractivity contribution in [2.45, 2.75) is 23.6 Å². The summed E-state index contributed by atoms with van der Waals surface area (Å²) in [4.78, 5) is 0. The van der Waals surface area contributed by atoms with Crippen molar-refractivity contribution in [3.05, 3.63) is 0 Å². The van der Waals surface area contributed by atoms with Crippen LogP contribution >= 0.6 is 23.1 Å². The smallest absolute Gasteiger partial charge is 0.203 e. The monoisotopic (exact) mass is 244 g/mol. The maximum Gasteiger partial charge on any atom is 0.203 e. The molecule has 0 spiro atoms. The Labute approximate surface area is 98.0 Å². The first-order valence-electron chi connectivity index (χ1n) is 5.27. The minimum absolute atomic E-state index is 0.567. The molecule has 2 heterocycles. The minimum atomic E-state index is 0.567. The van der Waals surface area contributed by atoms with Crippen molar-refractivity contribution in [3.8, 4) is 0 Å². The van der Waals surface area contributed by atoms with E-state index in [4.69, 9.17) is 5.73 Å². The largest absolute Gasteiger partial charge is 0.374 e. The molecular formula is C9H16N4S2. The Morgan fingerprint density at radius 3 is 3.13 bits per heavy atom. The van der Waals surface area contributed by atoms with E-state index in [0.29, 0.717) is 5.13 Å². The number of nitrogens with zero attached hydrogens (tertiary/aromatic N) is 2. The molecule has 0 bridgehead atoms. The van der Waals surface area contributed by atoms with Crippen molar-refractivity contribution in [1.82, 2.24) is 15.5 Å². The zero-order chi connectivity index (χ0) is 10.5. The van der Waals surface area contributed by atoms with Gasteiger partial charge in [-0.25, -0.2) is 0 Å². The van der Waals surface area contributed by atoms with E-state index in [9.17, 15) is 0 Å². The van der Waals surface area contributed by atoms with Gasteiger partial charge in [0.05, 0.1) is 0 Å². The van der Waals surface area contributed by atoms with Crippen LogP contribution in [-0.4, -0.2) is 29.0 Å². The molecule has 1 fully saturated rings. The number of anilines is 1. The molecule has 1 aromatic rings. The molecule has 1 aliphatic rings. The summed E-state index contributed by atoms with van der Waals surface area (Å²) in [5.74, 6) is 1.97. The van der Waals surface area contributed by atoms with E-state index in [1.165, 1.54) is 43.7 Å². The van der Waals surface area contributed by atoms with Crippen LogP contribution in [0.1, 0.15) is 19.3 Å². The number of nitrogens with two attached hydrogens (primary N) is 1. The average Bonchev–Trinajstić information content (AvgIpc) is 2.66. The zero-order valence-electron chi connectivity index (χ0n) is 8.61. The Morgan fingerprint density at radius 2 is 2.47 bits per heavy atom. The van der Waals surface area contributed by atoms with Gasteiger partial charge in [0, 0.05) is 5.75 Å². The summed E-state index contributed by atoms with van der Waals surface area (Å²) in [6.45, 7) is 2.37. The van der Waals surface area contributed by atoms with Crippen LogP contribution in [0.3, 0.4) is 0 Å². The second-order valence-electron chi connectivity index (χ2n) is 3.76. The van der Waals surface area contributed by atoms with Crippen molar-refractivity contribution in [2.24, 2.45) is 5.92 Å². The molecule has 1 atom stereocenters. The van der Waals surface area contributed by atoms with Crippen LogP contribution in [0, 0.1) is 5.92 Å². The summed E-state index contributed by atoms with van der Waals surface area (Å²) < 4.78 is 0.997. The molecule has 15 heavy (non-hydrogen) atoms. The van der Waals surface area contributed by atoms with Gasteiger partial charge in [-0.15, -0.1) is 10.2 Å². The standard InChI is InChI=1S/C9H16N4S2/c10-8-12-13-9(15-8)14-5-3-7-2-1-4-11-6-7/h7,11H,1-6H2,(H2,10,12). The molecule has 2 rings (SSSR count). The molecule has 0 amide bonds. The lowest BCUT2D eigenvalue weighted by molar-refractivity contribution is 0.371. The van der Waals surface area contributed by atoms with Crippen molar-refractivity contribution in [1.29, 1.82) is 0 Å². The predicted molar refractivity (Wildman–Crippen MR) is 65.3 cm³/mol. The van der Waals surface area contributed by atoms with Gasteiger partial charge in [-0.05, 0) is 38.3 Å². The molecule has 1 unspecified atom stereocenters. The second kappa shape index (κ2) is 5.67. The number of hydrogen-bond donors (Lipinski definition) is 2. The summed E-state index contributed by atoms with van der Waals surface area (Å²) in [6.07, 6.45) is 3.95. The minimum Gasteiger partial charge on any atom is -0.374 e. The third-order valence-corrected chi connectivity index (χ3v) is 4.49. The Morgan fingerprint density at radius 1 is 1.53 bits per heavy atom. The van der Waals surface area contributed by atoms with Gasteiger partial charge >= 0.3 is 0 Å². The number of piperidine rings is 1. The summed E-state index contributed by atoms with van der Waals surface area (Å²) in [7, 11) is 0. The van der Waals surface area contributed by atoms with E-state index in [1.54, 1.807) is 11.8 Å². The highest BCUT2D eigenvalue weighted by molar-refractivity contribution is 8.01. The van der Waals surface area contributed by atoms with E-state index in [-0.39, 0.29) is 0 Å². The van der Waals surface area contributed by atoms with E-state index >= 15 is 0 Å². The fraction of sp³-hybridized carbons (Fsp3) is 0.778. The van der Waals surface area contributed by atoms with E-state index in [1.807, 2.05) is 0 Å². The average molecular weight is 244 g/mol. The van der Waals surface area contributed by atoms with Crippen LogP contribution in [0.4, 0.5) is 5.13 Å². The fourth-order valence-electron chi connectivity index (χ4n) is 1.76. The van der Waals surface area contributed by atoms with Crippen LogP contribution < -0.4 is 11.1 Å². The second-order valence-corrected chi connectivity index (χ2v) is 6.11. The predicted octanol–water partition coefficient (Wildman–Crippen LogP) is 1.60. The van der Waals surface area contributed by atoms with Gasteiger partial charge in [0.1, 0.15) is 0 Å². The lowest BCUT2D eigenvalue weighted by atomic mass is 9.97. The number of nitrogen functional groups attached to an aromatic ring is 1. The van der Waals surface area contributed by atoms with Gasteiger partial charge in [-0.3, -0.25) is 0 Å². The van der Waals surface area contributed by atoms with Gasteiger partial charge in [-0.1, -0.05) is 23.1 Å². The van der Waals surface area contributed by atoms with Crippen molar-refractivity contribution in [3.63, 3.8) is 0 Å². The molecule has 0 aromatic carbocycles. The van der Waals surface area contributed by atoms with E-state index in [2.05, 4.69) is 15.5 Å². The summed E-state index contributed by atoms with van der Waals surface area (Å²) in [5.41, 5.74) is 5.51. The molecule has 1 aromatic heterocycles. The Balaban J connectivity index is 1.65. The van der Waals surface area contributed by atoms with Crippen molar-refractivity contribution < 1.29 is 0 Å². The molecule has 1 aliphatic heterocycles. The van der Waals surface area contributed by atoms with Gasteiger partial charge in [0.15, 0.2) is 4.34 Å². The Kier molecular flexibility index (Phi) is 4.22. The highest BCUT2D eigenvalue weighted by Gasteiger charge is 2.12. The molecular weight excluding hydrogens is 228 g/mol. The van der Waals surface area contributed by atoms with E-state index < -0.39 is 0 Å². The Hall–Kier alpha value is -0.330. The van der Waals surface area contributed by atoms with Crippen molar-refractivity contribution >= 4 is 28.2 Å². The molecule has 84 valence electrons. The molecule has 0 radical (unpaired) electrons. The molecule has 4 nitrogen and oxygen atoms in total. The number of thioether (sulfide) groups is 1. The summed E-state index contributed by atoms with van der Waals surface area (Å²) in [6, 6.07) is 0. The lowest BCUT2D eigenvalue weighted by Crippen LogP contribution is -2.29. The van der Waals surface area contributed by atoms with Crippen LogP contribution in [0.15, 0.2) is 4.34 Å². The first-order valence-corrected chi connectivity index (χ1v) is 7.07. The highest BCUT2D eigenvalue weighted by atomic mass is 32.2. The molecule has 3 N–H and O–H groups in total. The van der Waals surface area contributed by atoms with Crippen LogP contribution in [0.25, 0.3) is 0 Å². The SMILES string of the molecule is Nc1nnc(SCCC2CCCNC2)s1. The quantitative estimate of drug-likeness (QED) is 0.788. The van der Waals surface area contributed by atoms with Gasteiger partial charge in [0.25, 0.3) is 0 Å². The molecule has 6 heteroatoms. The van der Waals surface area contributed by atoms with Crippen LogP contribution in [0.5, 0.6) is 0 Å². The molecule has 0 aliphatic carbocycles. The topological polar surface area (TPSA) is 63.8 Å². The first-order chi connectivity index (χ1) is 7.34. The van der Waals surface area contributed by atoms with Crippen LogP contribution in [0.2, 0.25) is 0 Å². The van der Waals surface area contributed by atoms with Crippen LogP contribution in [-0.2, 0) is 0 Å². The maximum absolute atomic E-state index is 5.51. The molecule has 0 saturated carbocycles. The zero-order valence-corrected chi connectivity index (χ0v) is 10.2.